The van der Waals surface area contributed by atoms with Crippen molar-refractivity contribution in [3.63, 3.8) is 0 Å². The van der Waals surface area contributed by atoms with Crippen LogP contribution in [0.1, 0.15) is 11.1 Å². The van der Waals surface area contributed by atoms with E-state index in [2.05, 4.69) is 5.32 Å². The summed E-state index contributed by atoms with van der Waals surface area (Å²) >= 11 is 0. The van der Waals surface area contributed by atoms with Crippen molar-refractivity contribution in [2.24, 2.45) is 0 Å². The average Bonchev–Trinajstić information content (AvgIpc) is 2.82. The molecule has 9 heteroatoms. The molecule has 7 nitrogen and oxygen atoms in total. The Morgan fingerprint density at radius 3 is 2.44 bits per heavy atom. The van der Waals surface area contributed by atoms with E-state index in [1.165, 1.54) is 28.6 Å². The van der Waals surface area contributed by atoms with Crippen molar-refractivity contribution in [3.8, 4) is 11.5 Å². The number of fused-ring (bicyclic) bond motifs is 1. The minimum atomic E-state index is -3.92. The highest BCUT2D eigenvalue weighted by Crippen LogP contribution is 2.37. The van der Waals surface area contributed by atoms with Gasteiger partial charge in [0.05, 0.1) is 23.7 Å². The Kier molecular flexibility index (Phi) is 6.74. The molecule has 0 aromatic heterocycles. The standard InChI is InChI=1S/C25H25FN2O5S/c1-17-3-10-21(11-4-17)34(30,31)28-16-24(33-23-12-5-18(2)15-22(23)28)25(29)27-13-14-32-20-8-6-19(26)7-9-20/h3-12,15,24H,13-14,16H2,1-2H3,(H,27,29)/t24-/m1/s1. The first-order valence-electron chi connectivity index (χ1n) is 10.8. The zero-order valence-electron chi connectivity index (χ0n) is 18.8. The van der Waals surface area contributed by atoms with E-state index < -0.39 is 22.0 Å². The summed E-state index contributed by atoms with van der Waals surface area (Å²) in [5.74, 6) is -0.0340. The number of benzene rings is 3. The predicted molar refractivity (Wildman–Crippen MR) is 126 cm³/mol. The van der Waals surface area contributed by atoms with Gasteiger partial charge in [-0.15, -0.1) is 0 Å². The largest absolute Gasteiger partial charge is 0.492 e. The molecule has 1 amide bonds. The second-order valence-electron chi connectivity index (χ2n) is 8.02. The topological polar surface area (TPSA) is 84.9 Å². The molecule has 178 valence electrons. The normalized spacial score (nSPS) is 15.3. The van der Waals surface area contributed by atoms with Gasteiger partial charge in [-0.1, -0.05) is 23.8 Å². The molecular weight excluding hydrogens is 459 g/mol. The zero-order chi connectivity index (χ0) is 24.3. The van der Waals surface area contributed by atoms with Crippen molar-refractivity contribution < 1.29 is 27.1 Å². The van der Waals surface area contributed by atoms with Gasteiger partial charge in [0.2, 0.25) is 0 Å². The smallest absolute Gasteiger partial charge is 0.264 e. The maximum absolute atomic E-state index is 13.5. The molecule has 0 radical (unpaired) electrons. The van der Waals surface area contributed by atoms with E-state index in [0.717, 1.165) is 11.1 Å². The van der Waals surface area contributed by atoms with Gasteiger partial charge in [-0.05, 0) is 67.9 Å². The molecule has 0 saturated heterocycles. The summed E-state index contributed by atoms with van der Waals surface area (Å²) in [4.78, 5) is 13.0. The Morgan fingerprint density at radius 2 is 1.74 bits per heavy atom. The number of hydrogen-bond acceptors (Lipinski definition) is 5. The Balaban J connectivity index is 1.49. The number of sulfonamides is 1. The van der Waals surface area contributed by atoms with Crippen LogP contribution in [0.3, 0.4) is 0 Å². The lowest BCUT2D eigenvalue weighted by atomic mass is 10.1. The van der Waals surface area contributed by atoms with Crippen molar-refractivity contribution in [3.05, 3.63) is 83.7 Å². The molecular formula is C25H25FN2O5S. The third-order valence-electron chi connectivity index (χ3n) is 5.37. The third-order valence-corrected chi connectivity index (χ3v) is 7.16. The lowest BCUT2D eigenvalue weighted by Crippen LogP contribution is -2.51. The van der Waals surface area contributed by atoms with Gasteiger partial charge >= 0.3 is 0 Å². The van der Waals surface area contributed by atoms with E-state index in [4.69, 9.17) is 9.47 Å². The molecule has 1 atom stereocenters. The summed E-state index contributed by atoms with van der Waals surface area (Å²) in [6.45, 7) is 3.89. The maximum Gasteiger partial charge on any atom is 0.264 e. The quantitative estimate of drug-likeness (QED) is 0.518. The van der Waals surface area contributed by atoms with Crippen LogP contribution in [0.4, 0.5) is 10.1 Å². The van der Waals surface area contributed by atoms with Crippen LogP contribution in [0.25, 0.3) is 0 Å². The molecule has 1 aliphatic rings. The molecule has 34 heavy (non-hydrogen) atoms. The summed E-state index contributed by atoms with van der Waals surface area (Å²) < 4.78 is 52.5. The molecule has 1 N–H and O–H groups in total. The van der Waals surface area contributed by atoms with Crippen LogP contribution in [0, 0.1) is 19.7 Å². The molecule has 0 unspecified atom stereocenters. The van der Waals surface area contributed by atoms with Crippen molar-refractivity contribution in [1.82, 2.24) is 5.32 Å². The fraction of sp³-hybridized carbons (Fsp3) is 0.240. The molecule has 1 aliphatic heterocycles. The summed E-state index contributed by atoms with van der Waals surface area (Å²) in [6.07, 6.45) is -1.04. The Labute approximate surface area is 198 Å². The number of nitrogens with zero attached hydrogens (tertiary/aromatic N) is 1. The molecule has 0 spiro atoms. The first kappa shape index (κ1) is 23.6. The van der Waals surface area contributed by atoms with Crippen molar-refractivity contribution >= 4 is 21.6 Å². The zero-order valence-corrected chi connectivity index (χ0v) is 19.6. The first-order chi connectivity index (χ1) is 16.2. The van der Waals surface area contributed by atoms with Crippen LogP contribution in [0.15, 0.2) is 71.6 Å². The van der Waals surface area contributed by atoms with E-state index in [0.29, 0.717) is 17.2 Å². The second-order valence-corrected chi connectivity index (χ2v) is 9.88. The van der Waals surface area contributed by atoms with Gasteiger partial charge in [-0.3, -0.25) is 9.10 Å². The molecule has 4 rings (SSSR count). The van der Waals surface area contributed by atoms with Crippen LogP contribution in [-0.4, -0.2) is 40.1 Å². The van der Waals surface area contributed by atoms with Crippen molar-refractivity contribution in [2.75, 3.05) is 24.0 Å². The molecule has 0 fully saturated rings. The van der Waals surface area contributed by atoms with E-state index in [9.17, 15) is 17.6 Å². The van der Waals surface area contributed by atoms with Crippen LogP contribution in [0.5, 0.6) is 11.5 Å². The molecule has 0 saturated carbocycles. The van der Waals surface area contributed by atoms with Gasteiger partial charge in [0, 0.05) is 0 Å². The van der Waals surface area contributed by atoms with Gasteiger partial charge < -0.3 is 14.8 Å². The van der Waals surface area contributed by atoms with Gasteiger partial charge in [0.1, 0.15) is 23.9 Å². The van der Waals surface area contributed by atoms with Gasteiger partial charge in [-0.2, -0.15) is 0 Å². The van der Waals surface area contributed by atoms with Crippen LogP contribution >= 0.6 is 0 Å². The molecule has 3 aromatic rings. The number of ether oxygens (including phenoxy) is 2. The van der Waals surface area contributed by atoms with Crippen molar-refractivity contribution in [2.45, 2.75) is 24.8 Å². The monoisotopic (exact) mass is 484 g/mol. The SMILES string of the molecule is Cc1ccc(S(=O)(=O)N2C[C@H](C(=O)NCCOc3ccc(F)cc3)Oc3ccc(C)cc32)cc1. The van der Waals surface area contributed by atoms with E-state index >= 15 is 0 Å². The summed E-state index contributed by atoms with van der Waals surface area (Å²) in [5, 5.41) is 2.71. The van der Waals surface area contributed by atoms with Crippen molar-refractivity contribution in [1.29, 1.82) is 0 Å². The Hall–Kier alpha value is -3.59. The maximum atomic E-state index is 13.5. The number of carbonyl (C=O) groups is 1. The minimum absolute atomic E-state index is 0.138. The average molecular weight is 485 g/mol. The fourth-order valence-corrected chi connectivity index (χ4v) is 5.02. The number of hydrogen-bond donors (Lipinski definition) is 1. The van der Waals surface area contributed by atoms with Crippen LogP contribution < -0.4 is 19.1 Å². The summed E-state index contributed by atoms with van der Waals surface area (Å²) in [6, 6.07) is 17.3. The number of rotatable bonds is 7. The summed E-state index contributed by atoms with van der Waals surface area (Å²) in [5.41, 5.74) is 2.20. The molecule has 3 aromatic carbocycles. The number of aryl methyl sites for hydroxylation is 2. The van der Waals surface area contributed by atoms with Gasteiger partial charge in [-0.25, -0.2) is 12.8 Å². The van der Waals surface area contributed by atoms with Gasteiger partial charge in [0.15, 0.2) is 6.10 Å². The van der Waals surface area contributed by atoms with E-state index in [1.54, 1.807) is 42.5 Å². The summed E-state index contributed by atoms with van der Waals surface area (Å²) in [7, 11) is -3.92. The number of nitrogens with one attached hydrogen (secondary N) is 1. The van der Waals surface area contributed by atoms with Crippen LogP contribution in [-0.2, 0) is 14.8 Å². The third kappa shape index (κ3) is 5.14. The minimum Gasteiger partial charge on any atom is -0.492 e. The Bertz CT molecular complexity index is 1280. The van der Waals surface area contributed by atoms with Crippen LogP contribution in [0.2, 0.25) is 0 Å². The molecule has 1 heterocycles. The fourth-order valence-electron chi connectivity index (χ4n) is 3.55. The molecule has 0 aliphatic carbocycles. The molecule has 0 bridgehead atoms. The number of halogens is 1. The number of amides is 1. The highest BCUT2D eigenvalue weighted by atomic mass is 32.2. The second kappa shape index (κ2) is 9.72. The lowest BCUT2D eigenvalue weighted by molar-refractivity contribution is -0.127. The van der Waals surface area contributed by atoms with E-state index in [1.807, 2.05) is 13.8 Å². The van der Waals surface area contributed by atoms with Gasteiger partial charge in [0.25, 0.3) is 15.9 Å². The van der Waals surface area contributed by atoms with E-state index in [-0.39, 0.29) is 30.4 Å². The number of anilines is 1. The Morgan fingerprint density at radius 1 is 1.06 bits per heavy atom. The highest BCUT2D eigenvalue weighted by molar-refractivity contribution is 7.92. The number of carbonyl (C=O) groups excluding carboxylic acids is 1. The first-order valence-corrected chi connectivity index (χ1v) is 12.2. The highest BCUT2D eigenvalue weighted by Gasteiger charge is 2.37. The predicted octanol–water partition coefficient (Wildman–Crippen LogP) is 3.59. The lowest BCUT2D eigenvalue weighted by Gasteiger charge is -2.35.